The van der Waals surface area contributed by atoms with Gasteiger partial charge >= 0.3 is 0 Å². The van der Waals surface area contributed by atoms with Crippen molar-refractivity contribution in [3.8, 4) is 5.75 Å². The molecule has 2 aromatic carbocycles. The summed E-state index contributed by atoms with van der Waals surface area (Å²) in [6.07, 6.45) is -0.348. The maximum atomic E-state index is 12.5. The molecule has 0 fully saturated rings. The van der Waals surface area contributed by atoms with Gasteiger partial charge in [0.2, 0.25) is 0 Å². The Morgan fingerprint density at radius 2 is 1.92 bits per heavy atom. The molecule has 2 aromatic rings. The Morgan fingerprint density at radius 1 is 1.25 bits per heavy atom. The highest BCUT2D eigenvalue weighted by Gasteiger charge is 2.47. The summed E-state index contributed by atoms with van der Waals surface area (Å²) in [5, 5.41) is 14.0. The van der Waals surface area contributed by atoms with Crippen LogP contribution in [-0.2, 0) is 10.4 Å². The third-order valence-corrected chi connectivity index (χ3v) is 4.70. The number of ketones is 1. The fraction of sp³-hybridized carbons (Fsp3) is 0.222. The molecular weight excluding hydrogens is 330 g/mol. The first kappa shape index (κ1) is 16.5. The SMILES string of the molecule is COc1ccc(C(=O)C[C@@]2(O)C(=O)Nc3c2ccc(Cl)c3C)cc1. The molecule has 0 unspecified atom stereocenters. The van der Waals surface area contributed by atoms with Crippen molar-refractivity contribution in [3.63, 3.8) is 0 Å². The maximum Gasteiger partial charge on any atom is 0.261 e. The summed E-state index contributed by atoms with van der Waals surface area (Å²) in [5.41, 5.74) is 0.00195. The standard InChI is InChI=1S/C18H16ClNO4/c1-10-14(19)8-7-13-16(10)20-17(22)18(13,23)9-15(21)11-3-5-12(24-2)6-4-11/h3-8,23H,9H2,1-2H3,(H,20,22)/t18-/m0/s1. The fourth-order valence-corrected chi connectivity index (χ4v) is 2.98. The second-order valence-electron chi connectivity index (χ2n) is 5.74. The number of aliphatic hydroxyl groups is 1. The minimum absolute atomic E-state index is 0.337. The summed E-state index contributed by atoms with van der Waals surface area (Å²) >= 11 is 6.05. The van der Waals surface area contributed by atoms with Crippen molar-refractivity contribution in [2.75, 3.05) is 12.4 Å². The van der Waals surface area contributed by atoms with Crippen LogP contribution in [0.15, 0.2) is 36.4 Å². The van der Waals surface area contributed by atoms with Gasteiger partial charge in [0, 0.05) is 16.1 Å². The maximum absolute atomic E-state index is 12.5. The lowest BCUT2D eigenvalue weighted by Gasteiger charge is -2.20. The molecule has 24 heavy (non-hydrogen) atoms. The van der Waals surface area contributed by atoms with Crippen LogP contribution in [-0.4, -0.2) is 23.9 Å². The minimum Gasteiger partial charge on any atom is -0.497 e. The molecule has 0 radical (unpaired) electrons. The van der Waals surface area contributed by atoms with Gasteiger partial charge in [0.1, 0.15) is 5.75 Å². The highest BCUT2D eigenvalue weighted by molar-refractivity contribution is 6.32. The molecule has 0 saturated heterocycles. The second-order valence-corrected chi connectivity index (χ2v) is 6.14. The lowest BCUT2D eigenvalue weighted by molar-refractivity contribution is -0.133. The van der Waals surface area contributed by atoms with E-state index in [1.54, 1.807) is 43.3 Å². The van der Waals surface area contributed by atoms with E-state index in [1.165, 1.54) is 7.11 Å². The molecule has 1 amide bonds. The smallest absolute Gasteiger partial charge is 0.261 e. The number of benzene rings is 2. The van der Waals surface area contributed by atoms with Gasteiger partial charge in [-0.2, -0.15) is 0 Å². The lowest BCUT2D eigenvalue weighted by Crippen LogP contribution is -2.36. The van der Waals surface area contributed by atoms with Gasteiger partial charge in [-0.05, 0) is 42.8 Å². The molecule has 2 N–H and O–H groups in total. The van der Waals surface area contributed by atoms with E-state index < -0.39 is 11.5 Å². The number of amides is 1. The predicted molar refractivity (Wildman–Crippen MR) is 90.7 cm³/mol. The van der Waals surface area contributed by atoms with Crippen LogP contribution in [0.2, 0.25) is 5.02 Å². The van der Waals surface area contributed by atoms with Crippen molar-refractivity contribution in [2.45, 2.75) is 18.9 Å². The van der Waals surface area contributed by atoms with Gasteiger partial charge in [-0.1, -0.05) is 17.7 Å². The largest absolute Gasteiger partial charge is 0.497 e. The van der Waals surface area contributed by atoms with Crippen molar-refractivity contribution in [2.24, 2.45) is 0 Å². The molecule has 124 valence electrons. The van der Waals surface area contributed by atoms with E-state index in [4.69, 9.17) is 16.3 Å². The second kappa shape index (κ2) is 5.92. The third kappa shape index (κ3) is 2.56. The molecule has 3 rings (SSSR count). The number of Topliss-reactive ketones (excluding diaryl/α,β-unsaturated/α-hetero) is 1. The van der Waals surface area contributed by atoms with Crippen LogP contribution in [0.1, 0.15) is 27.9 Å². The Bertz CT molecular complexity index is 832. The molecule has 1 atom stereocenters. The molecule has 0 saturated carbocycles. The van der Waals surface area contributed by atoms with Crippen LogP contribution in [0.4, 0.5) is 5.69 Å². The van der Waals surface area contributed by atoms with Gasteiger partial charge in [-0.25, -0.2) is 0 Å². The molecule has 1 aliphatic heterocycles. The fourth-order valence-electron chi connectivity index (χ4n) is 2.82. The number of carbonyl (C=O) groups excluding carboxylic acids is 2. The number of fused-ring (bicyclic) bond motifs is 1. The molecule has 0 aromatic heterocycles. The highest BCUT2D eigenvalue weighted by Crippen LogP contribution is 2.42. The molecule has 1 heterocycles. The first-order valence-corrected chi connectivity index (χ1v) is 7.75. The number of anilines is 1. The summed E-state index contributed by atoms with van der Waals surface area (Å²) in [5.74, 6) is -0.333. The minimum atomic E-state index is -1.90. The Kier molecular flexibility index (Phi) is 4.07. The number of halogens is 1. The van der Waals surface area contributed by atoms with Gasteiger partial charge in [-0.3, -0.25) is 9.59 Å². The molecule has 1 aliphatic rings. The van der Waals surface area contributed by atoms with Crippen LogP contribution in [0.3, 0.4) is 0 Å². The van der Waals surface area contributed by atoms with E-state index in [0.29, 0.717) is 33.1 Å². The van der Waals surface area contributed by atoms with E-state index in [2.05, 4.69) is 5.32 Å². The summed E-state index contributed by atoms with van der Waals surface area (Å²) in [6, 6.07) is 9.70. The molecule has 0 bridgehead atoms. The topological polar surface area (TPSA) is 75.6 Å². The van der Waals surface area contributed by atoms with E-state index in [1.807, 2.05) is 0 Å². The number of ether oxygens (including phenoxy) is 1. The molecule has 5 nitrogen and oxygen atoms in total. The van der Waals surface area contributed by atoms with E-state index in [9.17, 15) is 14.7 Å². The zero-order valence-corrected chi connectivity index (χ0v) is 14.0. The summed E-state index contributed by atoms with van der Waals surface area (Å²) < 4.78 is 5.05. The van der Waals surface area contributed by atoms with Gasteiger partial charge < -0.3 is 15.2 Å². The van der Waals surface area contributed by atoms with Crippen LogP contribution in [0.5, 0.6) is 5.75 Å². The molecule has 0 spiro atoms. The number of hydrogen-bond acceptors (Lipinski definition) is 4. The van der Waals surface area contributed by atoms with Crippen molar-refractivity contribution >= 4 is 29.0 Å². The Morgan fingerprint density at radius 3 is 2.54 bits per heavy atom. The van der Waals surface area contributed by atoms with Gasteiger partial charge in [-0.15, -0.1) is 0 Å². The molecule has 0 aliphatic carbocycles. The van der Waals surface area contributed by atoms with Crippen molar-refractivity contribution in [1.82, 2.24) is 0 Å². The van der Waals surface area contributed by atoms with E-state index in [-0.39, 0.29) is 12.2 Å². The van der Waals surface area contributed by atoms with Crippen molar-refractivity contribution in [1.29, 1.82) is 0 Å². The number of hydrogen-bond donors (Lipinski definition) is 2. The van der Waals surface area contributed by atoms with Crippen LogP contribution in [0.25, 0.3) is 0 Å². The monoisotopic (exact) mass is 345 g/mol. The quantitative estimate of drug-likeness (QED) is 0.835. The van der Waals surface area contributed by atoms with Gasteiger partial charge in [0.05, 0.1) is 19.2 Å². The zero-order valence-electron chi connectivity index (χ0n) is 13.2. The van der Waals surface area contributed by atoms with Crippen molar-refractivity contribution in [3.05, 3.63) is 58.1 Å². The summed E-state index contributed by atoms with van der Waals surface area (Å²) in [7, 11) is 1.53. The highest BCUT2D eigenvalue weighted by atomic mass is 35.5. The lowest BCUT2D eigenvalue weighted by atomic mass is 9.87. The number of rotatable bonds is 4. The Labute approximate surface area is 144 Å². The molecule has 6 heteroatoms. The first-order chi connectivity index (χ1) is 11.4. The average molecular weight is 346 g/mol. The zero-order chi connectivity index (χ0) is 17.5. The normalized spacial score (nSPS) is 18.9. The van der Waals surface area contributed by atoms with E-state index >= 15 is 0 Å². The first-order valence-electron chi connectivity index (χ1n) is 7.37. The average Bonchev–Trinajstić information content (AvgIpc) is 2.83. The predicted octanol–water partition coefficient (Wildman–Crippen LogP) is 3.07. The Hall–Kier alpha value is -2.37. The Balaban J connectivity index is 1.93. The van der Waals surface area contributed by atoms with Crippen LogP contribution >= 0.6 is 11.6 Å². The third-order valence-electron chi connectivity index (χ3n) is 4.29. The van der Waals surface area contributed by atoms with Gasteiger partial charge in [0.25, 0.3) is 5.91 Å². The van der Waals surface area contributed by atoms with Crippen LogP contribution in [0, 0.1) is 6.92 Å². The van der Waals surface area contributed by atoms with E-state index in [0.717, 1.165) is 0 Å². The summed E-state index contributed by atoms with van der Waals surface area (Å²) in [6.45, 7) is 1.75. The summed E-state index contributed by atoms with van der Waals surface area (Å²) in [4.78, 5) is 24.8. The molecular formula is C18H16ClNO4. The number of nitrogens with one attached hydrogen (secondary N) is 1. The van der Waals surface area contributed by atoms with Crippen molar-refractivity contribution < 1.29 is 19.4 Å². The van der Waals surface area contributed by atoms with Crippen LogP contribution < -0.4 is 10.1 Å². The number of carbonyl (C=O) groups is 2. The van der Waals surface area contributed by atoms with Gasteiger partial charge in [0.15, 0.2) is 11.4 Å². The number of methoxy groups -OCH3 is 1.